The number of hydrogen-bond donors (Lipinski definition) is 2. The van der Waals surface area contributed by atoms with E-state index in [9.17, 15) is 22.7 Å². The minimum absolute atomic E-state index is 0.0382. The van der Waals surface area contributed by atoms with Crippen LogP contribution in [-0.4, -0.2) is 18.0 Å². The van der Waals surface area contributed by atoms with E-state index >= 15 is 0 Å². The van der Waals surface area contributed by atoms with Crippen molar-refractivity contribution < 1.29 is 31.8 Å². The van der Waals surface area contributed by atoms with Gasteiger partial charge in [0, 0.05) is 24.7 Å². The van der Waals surface area contributed by atoms with Crippen LogP contribution in [0.25, 0.3) is 0 Å². The molecule has 0 aliphatic heterocycles. The smallest absolute Gasteiger partial charge is 0.467 e. The van der Waals surface area contributed by atoms with Gasteiger partial charge in [0.15, 0.2) is 0 Å². The van der Waals surface area contributed by atoms with Crippen LogP contribution in [0, 0.1) is 5.82 Å². The van der Waals surface area contributed by atoms with E-state index in [0.29, 0.717) is 11.8 Å². The number of nitrogens with one attached hydrogen (secondary N) is 1. The van der Waals surface area contributed by atoms with E-state index in [4.69, 9.17) is 4.42 Å². The van der Waals surface area contributed by atoms with Gasteiger partial charge in [0.2, 0.25) is 0 Å². The van der Waals surface area contributed by atoms with Crippen LogP contribution in [0.15, 0.2) is 41.0 Å². The second-order valence-electron chi connectivity index (χ2n) is 4.46. The number of rotatable bonds is 6. The molecule has 22 heavy (non-hydrogen) atoms. The van der Waals surface area contributed by atoms with Gasteiger partial charge >= 0.3 is 6.36 Å². The van der Waals surface area contributed by atoms with E-state index in [1.165, 1.54) is 12.3 Å². The highest BCUT2D eigenvalue weighted by molar-refractivity contribution is 5.34. The molecule has 8 heteroatoms. The molecule has 1 atom stereocenters. The van der Waals surface area contributed by atoms with Crippen molar-refractivity contribution in [1.82, 2.24) is 5.32 Å². The maximum absolute atomic E-state index is 13.0. The average Bonchev–Trinajstić information content (AvgIpc) is 2.93. The minimum atomic E-state index is -4.91. The van der Waals surface area contributed by atoms with E-state index in [1.54, 1.807) is 12.1 Å². The van der Waals surface area contributed by atoms with Gasteiger partial charge in [-0.3, -0.25) is 0 Å². The molecule has 1 aromatic carbocycles. The van der Waals surface area contributed by atoms with E-state index < -0.39 is 24.0 Å². The summed E-state index contributed by atoms with van der Waals surface area (Å²) in [6.45, 7) is 0.0137. The molecule has 0 aliphatic rings. The molecule has 0 radical (unpaired) electrons. The number of alkyl halides is 3. The standard InChI is InChI=1S/C14H13F4NO3/c15-10-4-3-9(13(6-10)22-14(16,17)18)7-19-8-11(20)12-2-1-5-21-12/h1-6,11,19-20H,7-8H2. The number of benzene rings is 1. The Balaban J connectivity index is 1.97. The number of furan rings is 1. The van der Waals surface area contributed by atoms with Crippen molar-refractivity contribution in [3.05, 3.63) is 53.7 Å². The Morgan fingerprint density at radius 2 is 2.05 bits per heavy atom. The highest BCUT2D eigenvalue weighted by Gasteiger charge is 2.32. The summed E-state index contributed by atoms with van der Waals surface area (Å²) in [5.41, 5.74) is 0.116. The van der Waals surface area contributed by atoms with Crippen LogP contribution >= 0.6 is 0 Å². The van der Waals surface area contributed by atoms with Crippen molar-refractivity contribution in [2.75, 3.05) is 6.54 Å². The Labute approximate surface area is 123 Å². The maximum atomic E-state index is 13.0. The fourth-order valence-electron chi connectivity index (χ4n) is 1.82. The van der Waals surface area contributed by atoms with Crippen molar-refractivity contribution in [2.45, 2.75) is 19.0 Å². The third-order valence-electron chi connectivity index (χ3n) is 2.78. The molecule has 120 valence electrons. The lowest BCUT2D eigenvalue weighted by atomic mass is 10.2. The molecule has 0 spiro atoms. The zero-order valence-electron chi connectivity index (χ0n) is 11.2. The molecule has 0 saturated heterocycles. The van der Waals surface area contributed by atoms with Crippen LogP contribution < -0.4 is 10.1 Å². The van der Waals surface area contributed by atoms with Gasteiger partial charge in [-0.05, 0) is 18.2 Å². The van der Waals surface area contributed by atoms with Gasteiger partial charge in [0.05, 0.1) is 6.26 Å². The number of aliphatic hydroxyl groups excluding tert-OH is 1. The molecule has 1 unspecified atom stereocenters. The van der Waals surface area contributed by atoms with Crippen LogP contribution in [-0.2, 0) is 6.54 Å². The normalized spacial score (nSPS) is 13.1. The molecular weight excluding hydrogens is 306 g/mol. The fourth-order valence-corrected chi connectivity index (χ4v) is 1.82. The summed E-state index contributed by atoms with van der Waals surface area (Å²) in [6.07, 6.45) is -4.45. The fraction of sp³-hybridized carbons (Fsp3) is 0.286. The summed E-state index contributed by atoms with van der Waals surface area (Å²) in [7, 11) is 0. The summed E-state index contributed by atoms with van der Waals surface area (Å²) in [5.74, 6) is -1.12. The molecule has 2 rings (SSSR count). The Bertz CT molecular complexity index is 599. The quantitative estimate of drug-likeness (QED) is 0.803. The highest BCUT2D eigenvalue weighted by Crippen LogP contribution is 2.27. The molecule has 0 bridgehead atoms. The molecule has 0 aliphatic carbocycles. The topological polar surface area (TPSA) is 54.6 Å². The third kappa shape index (κ3) is 4.74. The zero-order valence-corrected chi connectivity index (χ0v) is 11.2. The van der Waals surface area contributed by atoms with Crippen LogP contribution in [0.2, 0.25) is 0 Å². The highest BCUT2D eigenvalue weighted by atomic mass is 19.4. The van der Waals surface area contributed by atoms with Gasteiger partial charge in [0.1, 0.15) is 23.4 Å². The van der Waals surface area contributed by atoms with Crippen molar-refractivity contribution >= 4 is 0 Å². The summed E-state index contributed by atoms with van der Waals surface area (Å²) in [5, 5.41) is 12.5. The van der Waals surface area contributed by atoms with Crippen molar-refractivity contribution in [3.8, 4) is 5.75 Å². The summed E-state index contributed by atoms with van der Waals surface area (Å²) < 4.78 is 58.6. The van der Waals surface area contributed by atoms with E-state index in [2.05, 4.69) is 10.1 Å². The number of ether oxygens (including phenoxy) is 1. The summed E-state index contributed by atoms with van der Waals surface area (Å²) >= 11 is 0. The zero-order chi connectivity index (χ0) is 16.2. The monoisotopic (exact) mass is 319 g/mol. The van der Waals surface area contributed by atoms with Crippen molar-refractivity contribution in [1.29, 1.82) is 0 Å². The van der Waals surface area contributed by atoms with Crippen LogP contribution in [0.3, 0.4) is 0 Å². The molecule has 2 N–H and O–H groups in total. The first-order valence-electron chi connectivity index (χ1n) is 6.31. The Morgan fingerprint density at radius 3 is 2.68 bits per heavy atom. The van der Waals surface area contributed by atoms with Crippen LogP contribution in [0.1, 0.15) is 17.4 Å². The van der Waals surface area contributed by atoms with Gasteiger partial charge < -0.3 is 19.6 Å². The maximum Gasteiger partial charge on any atom is 0.573 e. The van der Waals surface area contributed by atoms with Crippen molar-refractivity contribution in [3.63, 3.8) is 0 Å². The second-order valence-corrected chi connectivity index (χ2v) is 4.46. The van der Waals surface area contributed by atoms with Gasteiger partial charge in [-0.1, -0.05) is 6.07 Å². The average molecular weight is 319 g/mol. The predicted octanol–water partition coefficient (Wildman–Crippen LogP) is 3.14. The Hall–Kier alpha value is -2.06. The molecule has 1 aromatic heterocycles. The van der Waals surface area contributed by atoms with Gasteiger partial charge in [-0.15, -0.1) is 13.2 Å². The Morgan fingerprint density at radius 1 is 1.27 bits per heavy atom. The lowest BCUT2D eigenvalue weighted by molar-refractivity contribution is -0.275. The van der Waals surface area contributed by atoms with Gasteiger partial charge in [-0.2, -0.15) is 0 Å². The van der Waals surface area contributed by atoms with Crippen LogP contribution in [0.5, 0.6) is 5.75 Å². The molecule has 0 saturated carbocycles. The van der Waals surface area contributed by atoms with E-state index in [-0.39, 0.29) is 18.7 Å². The third-order valence-corrected chi connectivity index (χ3v) is 2.78. The van der Waals surface area contributed by atoms with Gasteiger partial charge in [0.25, 0.3) is 0 Å². The van der Waals surface area contributed by atoms with E-state index in [1.807, 2.05) is 0 Å². The molecular formula is C14H13F4NO3. The largest absolute Gasteiger partial charge is 0.573 e. The SMILES string of the molecule is OC(CNCc1ccc(F)cc1OC(F)(F)F)c1ccco1. The predicted molar refractivity (Wildman–Crippen MR) is 68.5 cm³/mol. The summed E-state index contributed by atoms with van der Waals surface area (Å²) in [4.78, 5) is 0. The second kappa shape index (κ2) is 6.80. The first-order chi connectivity index (χ1) is 10.3. The minimum Gasteiger partial charge on any atom is -0.467 e. The lowest BCUT2D eigenvalue weighted by Crippen LogP contribution is -2.23. The van der Waals surface area contributed by atoms with Crippen LogP contribution in [0.4, 0.5) is 17.6 Å². The molecule has 0 amide bonds. The lowest BCUT2D eigenvalue weighted by Gasteiger charge is -2.15. The molecule has 1 heterocycles. The number of hydrogen-bond acceptors (Lipinski definition) is 4. The number of aliphatic hydroxyl groups is 1. The number of halogens is 4. The van der Waals surface area contributed by atoms with Crippen molar-refractivity contribution in [2.24, 2.45) is 0 Å². The van der Waals surface area contributed by atoms with E-state index in [0.717, 1.165) is 6.07 Å². The molecule has 2 aromatic rings. The molecule has 0 fully saturated rings. The molecule has 4 nitrogen and oxygen atoms in total. The first kappa shape index (κ1) is 16.3. The first-order valence-corrected chi connectivity index (χ1v) is 6.31. The van der Waals surface area contributed by atoms with Gasteiger partial charge in [-0.25, -0.2) is 4.39 Å². The summed E-state index contributed by atoms with van der Waals surface area (Å²) in [6, 6.07) is 6.05. The Kier molecular flexibility index (Phi) is 5.04.